The highest BCUT2D eigenvalue weighted by Gasteiger charge is 2.38. The number of rotatable bonds is 6. The van der Waals surface area contributed by atoms with Gasteiger partial charge < -0.3 is 14.3 Å². The number of benzene rings is 2. The van der Waals surface area contributed by atoms with Crippen molar-refractivity contribution in [2.45, 2.75) is 18.9 Å². The van der Waals surface area contributed by atoms with Crippen molar-refractivity contribution in [3.05, 3.63) is 94.3 Å². The van der Waals surface area contributed by atoms with Gasteiger partial charge in [0.1, 0.15) is 13.2 Å². The van der Waals surface area contributed by atoms with E-state index in [1.165, 1.54) is 7.11 Å². The molecule has 1 amide bonds. The number of likely N-dealkylation sites (tertiary alicyclic amines) is 1. The lowest BCUT2D eigenvalue weighted by Gasteiger charge is -2.21. The first kappa shape index (κ1) is 21.1. The molecule has 1 aliphatic rings. The molecule has 8 heteroatoms. The van der Waals surface area contributed by atoms with Gasteiger partial charge in [0.05, 0.1) is 12.3 Å². The summed E-state index contributed by atoms with van der Waals surface area (Å²) in [5.74, 6) is 0.903. The summed E-state index contributed by atoms with van der Waals surface area (Å²) in [7, 11) is 1.50. The van der Waals surface area contributed by atoms with E-state index in [1.807, 2.05) is 72.1 Å². The molecular weight excluding hydrogens is 436 g/mol. The van der Waals surface area contributed by atoms with E-state index < -0.39 is 0 Å². The molecule has 0 saturated carbocycles. The Balaban J connectivity index is 1.38. The van der Waals surface area contributed by atoms with E-state index in [0.717, 1.165) is 21.7 Å². The van der Waals surface area contributed by atoms with Crippen molar-refractivity contribution in [2.24, 2.45) is 5.16 Å². The fraction of sp³-hybridized carbons (Fsp3) is 0.200. The van der Waals surface area contributed by atoms with Crippen LogP contribution < -0.4 is 0 Å². The van der Waals surface area contributed by atoms with Gasteiger partial charge in [0.25, 0.3) is 5.91 Å². The van der Waals surface area contributed by atoms with E-state index >= 15 is 0 Å². The van der Waals surface area contributed by atoms with E-state index in [0.29, 0.717) is 36.7 Å². The second-order valence-electron chi connectivity index (χ2n) is 7.74. The molecule has 0 radical (unpaired) electrons. The SMILES string of the molecule is CO/N=C1\C[C@@H](c2nc(Cc3cccs3)no2)N(C(=O)c2ccc(-c3ccccc3)cc2)C1. The number of hydrogen-bond donors (Lipinski definition) is 0. The van der Waals surface area contributed by atoms with Gasteiger partial charge in [-0.25, -0.2) is 0 Å². The molecule has 1 aliphatic heterocycles. The van der Waals surface area contributed by atoms with Crippen LogP contribution in [-0.4, -0.2) is 40.3 Å². The molecule has 1 saturated heterocycles. The van der Waals surface area contributed by atoms with E-state index in [2.05, 4.69) is 15.3 Å². The molecule has 3 heterocycles. The zero-order valence-corrected chi connectivity index (χ0v) is 18.9. The normalized spacial score (nSPS) is 16.9. The lowest BCUT2D eigenvalue weighted by molar-refractivity contribution is 0.0713. The lowest BCUT2D eigenvalue weighted by Crippen LogP contribution is -2.31. The van der Waals surface area contributed by atoms with Crippen LogP contribution in [0.2, 0.25) is 0 Å². The Kier molecular flexibility index (Phi) is 5.99. The van der Waals surface area contributed by atoms with Crippen molar-refractivity contribution in [3.8, 4) is 11.1 Å². The predicted molar refractivity (Wildman–Crippen MR) is 126 cm³/mol. The fourth-order valence-electron chi connectivity index (χ4n) is 3.98. The first-order valence-corrected chi connectivity index (χ1v) is 11.5. The minimum absolute atomic E-state index is 0.112. The highest BCUT2D eigenvalue weighted by atomic mass is 32.1. The molecule has 2 aromatic carbocycles. The maximum absolute atomic E-state index is 13.4. The summed E-state index contributed by atoms with van der Waals surface area (Å²) in [5.41, 5.74) is 3.52. The average molecular weight is 459 g/mol. The van der Waals surface area contributed by atoms with Crippen molar-refractivity contribution in [1.29, 1.82) is 0 Å². The molecule has 0 unspecified atom stereocenters. The quantitative estimate of drug-likeness (QED) is 0.381. The van der Waals surface area contributed by atoms with Crippen LogP contribution in [0.4, 0.5) is 0 Å². The van der Waals surface area contributed by atoms with Crippen LogP contribution in [0, 0.1) is 0 Å². The van der Waals surface area contributed by atoms with E-state index in [-0.39, 0.29) is 11.9 Å². The first-order chi connectivity index (χ1) is 16.2. The third-order valence-corrected chi connectivity index (χ3v) is 6.44. The van der Waals surface area contributed by atoms with Gasteiger partial charge in [-0.1, -0.05) is 58.8 Å². The minimum atomic E-state index is -0.384. The Labute approximate surface area is 195 Å². The van der Waals surface area contributed by atoms with Gasteiger partial charge >= 0.3 is 0 Å². The highest BCUT2D eigenvalue weighted by Crippen LogP contribution is 2.32. The molecule has 0 spiro atoms. The van der Waals surface area contributed by atoms with Crippen LogP contribution >= 0.6 is 11.3 Å². The molecule has 0 bridgehead atoms. The summed E-state index contributed by atoms with van der Waals surface area (Å²) in [5, 5.41) is 10.2. The van der Waals surface area contributed by atoms with Crippen molar-refractivity contribution >= 4 is 23.0 Å². The second kappa shape index (κ2) is 9.38. The molecule has 33 heavy (non-hydrogen) atoms. The average Bonchev–Trinajstić information content (AvgIpc) is 3.61. The number of oxime groups is 1. The highest BCUT2D eigenvalue weighted by molar-refractivity contribution is 7.09. The minimum Gasteiger partial charge on any atom is -0.399 e. The predicted octanol–water partition coefficient (Wildman–Crippen LogP) is 4.98. The van der Waals surface area contributed by atoms with Crippen LogP contribution in [0.25, 0.3) is 11.1 Å². The topological polar surface area (TPSA) is 80.8 Å². The molecule has 5 rings (SSSR count). The Bertz CT molecular complexity index is 1250. The van der Waals surface area contributed by atoms with Crippen molar-refractivity contribution in [1.82, 2.24) is 15.0 Å². The van der Waals surface area contributed by atoms with Gasteiger partial charge in [-0.05, 0) is 34.7 Å². The standard InChI is InChI=1S/C25H22N4O3S/c1-31-27-20-14-22(24-26-23(28-32-24)15-21-8-5-13-33-21)29(16-20)25(30)19-11-9-18(10-12-19)17-6-3-2-4-7-17/h2-13,22H,14-16H2,1H3/b27-20+/t22-/m0/s1. The van der Waals surface area contributed by atoms with Crippen LogP contribution in [0.5, 0.6) is 0 Å². The Hall–Kier alpha value is -3.78. The molecule has 1 atom stereocenters. The molecule has 1 fully saturated rings. The molecular formula is C25H22N4O3S. The monoisotopic (exact) mass is 458 g/mol. The molecule has 4 aromatic rings. The summed E-state index contributed by atoms with van der Waals surface area (Å²) >= 11 is 1.65. The summed E-state index contributed by atoms with van der Waals surface area (Å²) in [4.78, 5) is 25.9. The van der Waals surface area contributed by atoms with Crippen LogP contribution in [-0.2, 0) is 11.3 Å². The van der Waals surface area contributed by atoms with E-state index in [9.17, 15) is 4.79 Å². The third-order valence-electron chi connectivity index (χ3n) is 5.56. The lowest BCUT2D eigenvalue weighted by atomic mass is 10.0. The number of amides is 1. The van der Waals surface area contributed by atoms with Gasteiger partial charge in [0.2, 0.25) is 5.89 Å². The summed E-state index contributed by atoms with van der Waals surface area (Å²) in [6, 6.07) is 21.3. The molecule has 2 aromatic heterocycles. The summed E-state index contributed by atoms with van der Waals surface area (Å²) < 4.78 is 5.57. The summed E-state index contributed by atoms with van der Waals surface area (Å²) in [6.45, 7) is 0.348. The van der Waals surface area contributed by atoms with Crippen molar-refractivity contribution in [2.75, 3.05) is 13.7 Å². The molecule has 7 nitrogen and oxygen atoms in total. The number of hydrogen-bond acceptors (Lipinski definition) is 7. The van der Waals surface area contributed by atoms with Gasteiger partial charge in [0.15, 0.2) is 5.82 Å². The van der Waals surface area contributed by atoms with Crippen LogP contribution in [0.15, 0.2) is 81.8 Å². The molecule has 166 valence electrons. The van der Waals surface area contributed by atoms with Crippen molar-refractivity contribution < 1.29 is 14.2 Å². The van der Waals surface area contributed by atoms with Gasteiger partial charge in [-0.3, -0.25) is 4.79 Å². The Morgan fingerprint density at radius 2 is 1.91 bits per heavy atom. The Morgan fingerprint density at radius 1 is 1.12 bits per heavy atom. The zero-order valence-electron chi connectivity index (χ0n) is 18.0. The molecule has 0 N–H and O–H groups in total. The molecule has 0 aliphatic carbocycles. The van der Waals surface area contributed by atoms with E-state index in [1.54, 1.807) is 16.2 Å². The second-order valence-corrected chi connectivity index (χ2v) is 8.77. The van der Waals surface area contributed by atoms with Gasteiger partial charge in [-0.2, -0.15) is 4.98 Å². The van der Waals surface area contributed by atoms with Crippen molar-refractivity contribution in [3.63, 3.8) is 0 Å². The number of thiophene rings is 1. The van der Waals surface area contributed by atoms with Crippen LogP contribution in [0.3, 0.4) is 0 Å². The van der Waals surface area contributed by atoms with Gasteiger partial charge in [0, 0.05) is 23.3 Å². The first-order valence-electron chi connectivity index (χ1n) is 10.6. The maximum Gasteiger partial charge on any atom is 0.254 e. The largest absolute Gasteiger partial charge is 0.399 e. The third kappa shape index (κ3) is 4.56. The Morgan fingerprint density at radius 3 is 2.64 bits per heavy atom. The fourth-order valence-corrected chi connectivity index (χ4v) is 4.68. The van der Waals surface area contributed by atoms with E-state index in [4.69, 9.17) is 9.36 Å². The maximum atomic E-state index is 13.4. The smallest absolute Gasteiger partial charge is 0.254 e. The number of carbonyl (C=O) groups is 1. The zero-order chi connectivity index (χ0) is 22.6. The number of aromatic nitrogens is 2. The van der Waals surface area contributed by atoms with Gasteiger partial charge in [-0.15, -0.1) is 11.3 Å². The number of nitrogens with zero attached hydrogens (tertiary/aromatic N) is 4. The number of carbonyl (C=O) groups excluding carboxylic acids is 1. The summed E-state index contributed by atoms with van der Waals surface area (Å²) in [6.07, 6.45) is 1.09. The van der Waals surface area contributed by atoms with Crippen LogP contribution in [0.1, 0.15) is 39.4 Å².